The first kappa shape index (κ1) is 13.4. The first-order valence-electron chi connectivity index (χ1n) is 6.36. The summed E-state index contributed by atoms with van der Waals surface area (Å²) in [5, 5.41) is 5.71. The van der Waals surface area contributed by atoms with Gasteiger partial charge in [-0.25, -0.2) is 4.98 Å². The number of nitrogens with one attached hydrogen (secondary N) is 1. The number of rotatable bonds is 4. The average Bonchev–Trinajstić information content (AvgIpc) is 3.03. The van der Waals surface area contributed by atoms with Crippen LogP contribution in [0, 0.1) is 0 Å². The van der Waals surface area contributed by atoms with E-state index >= 15 is 0 Å². The van der Waals surface area contributed by atoms with E-state index in [1.165, 1.54) is 0 Å². The van der Waals surface area contributed by atoms with E-state index in [4.69, 9.17) is 0 Å². The summed E-state index contributed by atoms with van der Waals surface area (Å²) in [5.41, 5.74) is 2.46. The summed E-state index contributed by atoms with van der Waals surface area (Å²) in [7, 11) is 0. The van der Waals surface area contributed by atoms with Gasteiger partial charge in [0.15, 0.2) is 0 Å². The Kier molecular flexibility index (Phi) is 3.97. The van der Waals surface area contributed by atoms with Crippen LogP contribution in [0.4, 0.5) is 0 Å². The fourth-order valence-electron chi connectivity index (χ4n) is 1.79. The van der Waals surface area contributed by atoms with Gasteiger partial charge in [-0.1, -0.05) is 0 Å². The number of aromatic nitrogens is 3. The fraction of sp³-hybridized carbons (Fsp3) is 0.0667. The lowest BCUT2D eigenvalue weighted by Crippen LogP contribution is -2.22. The van der Waals surface area contributed by atoms with Gasteiger partial charge in [-0.3, -0.25) is 14.8 Å². The molecule has 0 aliphatic carbocycles. The summed E-state index contributed by atoms with van der Waals surface area (Å²) in [6.45, 7) is 0.405. The lowest BCUT2D eigenvalue weighted by Gasteiger charge is -2.02. The Bertz CT molecular complexity index is 728. The van der Waals surface area contributed by atoms with Crippen molar-refractivity contribution < 1.29 is 4.79 Å². The maximum atomic E-state index is 11.9. The third kappa shape index (κ3) is 3.29. The topological polar surface area (TPSA) is 67.8 Å². The maximum absolute atomic E-state index is 11.9. The number of nitrogens with zero attached hydrogens (tertiary/aromatic N) is 3. The predicted octanol–water partition coefficient (Wildman–Crippen LogP) is 2.53. The minimum atomic E-state index is -0.129. The van der Waals surface area contributed by atoms with Crippen molar-refractivity contribution in [2.45, 2.75) is 6.54 Å². The summed E-state index contributed by atoms with van der Waals surface area (Å²) in [6, 6.07) is 7.19. The molecule has 0 atom stereocenters. The minimum Gasteiger partial charge on any atom is -0.346 e. The van der Waals surface area contributed by atoms with E-state index < -0.39 is 0 Å². The van der Waals surface area contributed by atoms with Crippen LogP contribution in [0.1, 0.15) is 16.1 Å². The normalized spacial score (nSPS) is 10.3. The second kappa shape index (κ2) is 6.23. The maximum Gasteiger partial charge on any atom is 0.251 e. The Morgan fingerprint density at radius 3 is 2.43 bits per heavy atom. The van der Waals surface area contributed by atoms with Gasteiger partial charge in [0.1, 0.15) is 5.01 Å². The molecule has 0 radical (unpaired) electrons. The van der Waals surface area contributed by atoms with Crippen molar-refractivity contribution in [3.63, 3.8) is 0 Å². The standard InChI is InChI=1S/C15H12N4OS/c20-14(11-1-5-16-6-2-11)18-9-13-10-21-15(19-13)12-3-7-17-8-4-12/h1-8,10H,9H2,(H,18,20). The number of amides is 1. The van der Waals surface area contributed by atoms with Gasteiger partial charge in [0.05, 0.1) is 12.2 Å². The molecule has 0 aromatic carbocycles. The monoisotopic (exact) mass is 296 g/mol. The zero-order valence-corrected chi connectivity index (χ0v) is 11.9. The van der Waals surface area contributed by atoms with Gasteiger partial charge in [0.25, 0.3) is 5.91 Å². The van der Waals surface area contributed by atoms with Crippen LogP contribution in [-0.4, -0.2) is 20.9 Å². The van der Waals surface area contributed by atoms with E-state index in [0.29, 0.717) is 12.1 Å². The number of pyridine rings is 2. The van der Waals surface area contributed by atoms with Gasteiger partial charge in [0.2, 0.25) is 0 Å². The highest BCUT2D eigenvalue weighted by Gasteiger charge is 2.07. The molecule has 0 spiro atoms. The number of carbonyl (C=O) groups excluding carboxylic acids is 1. The third-order valence-electron chi connectivity index (χ3n) is 2.85. The Hall–Kier alpha value is -2.60. The van der Waals surface area contributed by atoms with Crippen molar-refractivity contribution in [2.75, 3.05) is 0 Å². The molecule has 0 unspecified atom stereocenters. The average molecular weight is 296 g/mol. The van der Waals surface area contributed by atoms with E-state index in [2.05, 4.69) is 20.3 Å². The third-order valence-corrected chi connectivity index (χ3v) is 3.79. The van der Waals surface area contributed by atoms with Crippen LogP contribution in [0.3, 0.4) is 0 Å². The number of carbonyl (C=O) groups is 1. The molecule has 0 saturated heterocycles. The Labute approximate surface area is 125 Å². The SMILES string of the molecule is O=C(NCc1csc(-c2ccncc2)n1)c1ccncc1. The molecule has 3 aromatic heterocycles. The lowest BCUT2D eigenvalue weighted by molar-refractivity contribution is 0.0950. The highest BCUT2D eigenvalue weighted by molar-refractivity contribution is 7.13. The molecule has 3 heterocycles. The molecule has 104 valence electrons. The van der Waals surface area contributed by atoms with Gasteiger partial charge in [-0.15, -0.1) is 11.3 Å². The van der Waals surface area contributed by atoms with Crippen LogP contribution in [0.5, 0.6) is 0 Å². The van der Waals surface area contributed by atoms with Crippen LogP contribution in [0.15, 0.2) is 54.4 Å². The Morgan fingerprint density at radius 2 is 1.71 bits per heavy atom. The van der Waals surface area contributed by atoms with E-state index in [1.807, 2.05) is 17.5 Å². The van der Waals surface area contributed by atoms with E-state index in [1.54, 1.807) is 48.3 Å². The highest BCUT2D eigenvalue weighted by Crippen LogP contribution is 2.22. The first-order valence-corrected chi connectivity index (χ1v) is 7.24. The van der Waals surface area contributed by atoms with Crippen molar-refractivity contribution in [2.24, 2.45) is 0 Å². The summed E-state index contributed by atoms with van der Waals surface area (Å²) < 4.78 is 0. The Balaban J connectivity index is 1.64. The quantitative estimate of drug-likeness (QED) is 0.803. The molecule has 0 bridgehead atoms. The van der Waals surface area contributed by atoms with Crippen LogP contribution in [0.25, 0.3) is 10.6 Å². The largest absolute Gasteiger partial charge is 0.346 e. The summed E-state index contributed by atoms with van der Waals surface area (Å²) in [4.78, 5) is 24.3. The van der Waals surface area contributed by atoms with Gasteiger partial charge >= 0.3 is 0 Å². The lowest BCUT2D eigenvalue weighted by atomic mass is 10.2. The molecule has 1 N–H and O–H groups in total. The molecule has 3 rings (SSSR count). The first-order chi connectivity index (χ1) is 10.3. The summed E-state index contributed by atoms with van der Waals surface area (Å²) in [5.74, 6) is -0.129. The van der Waals surface area contributed by atoms with Gasteiger partial charge in [0, 0.05) is 41.3 Å². The number of thiazole rings is 1. The second-order valence-electron chi connectivity index (χ2n) is 4.30. The molecule has 0 aliphatic rings. The minimum absolute atomic E-state index is 0.129. The molecule has 1 amide bonds. The van der Waals surface area contributed by atoms with Crippen molar-refractivity contribution in [1.29, 1.82) is 0 Å². The van der Waals surface area contributed by atoms with Crippen LogP contribution >= 0.6 is 11.3 Å². The molecule has 21 heavy (non-hydrogen) atoms. The molecule has 6 heteroatoms. The summed E-state index contributed by atoms with van der Waals surface area (Å²) >= 11 is 1.55. The number of hydrogen-bond acceptors (Lipinski definition) is 5. The van der Waals surface area contributed by atoms with Crippen molar-refractivity contribution in [3.05, 3.63) is 65.7 Å². The molecule has 0 aliphatic heterocycles. The molecular weight excluding hydrogens is 284 g/mol. The van der Waals surface area contributed by atoms with Crippen molar-refractivity contribution in [1.82, 2.24) is 20.3 Å². The molecule has 0 saturated carbocycles. The predicted molar refractivity (Wildman–Crippen MR) is 80.8 cm³/mol. The van der Waals surface area contributed by atoms with Crippen molar-refractivity contribution in [3.8, 4) is 10.6 Å². The van der Waals surface area contributed by atoms with Gasteiger partial charge in [-0.2, -0.15) is 0 Å². The van der Waals surface area contributed by atoms with Crippen LogP contribution in [-0.2, 0) is 6.54 Å². The van der Waals surface area contributed by atoms with Crippen LogP contribution < -0.4 is 5.32 Å². The zero-order valence-electron chi connectivity index (χ0n) is 11.1. The van der Waals surface area contributed by atoms with E-state index in [0.717, 1.165) is 16.3 Å². The Morgan fingerprint density at radius 1 is 1.05 bits per heavy atom. The molecule has 0 fully saturated rings. The van der Waals surface area contributed by atoms with Crippen molar-refractivity contribution >= 4 is 17.2 Å². The summed E-state index contributed by atoms with van der Waals surface area (Å²) in [6.07, 6.45) is 6.67. The molecular formula is C15H12N4OS. The zero-order chi connectivity index (χ0) is 14.5. The highest BCUT2D eigenvalue weighted by atomic mass is 32.1. The fourth-order valence-corrected chi connectivity index (χ4v) is 2.62. The van der Waals surface area contributed by atoms with Gasteiger partial charge in [-0.05, 0) is 24.3 Å². The second-order valence-corrected chi connectivity index (χ2v) is 5.16. The van der Waals surface area contributed by atoms with Gasteiger partial charge < -0.3 is 5.32 Å². The van der Waals surface area contributed by atoms with Crippen LogP contribution in [0.2, 0.25) is 0 Å². The number of hydrogen-bond donors (Lipinski definition) is 1. The molecule has 5 nitrogen and oxygen atoms in total. The van der Waals surface area contributed by atoms with E-state index in [9.17, 15) is 4.79 Å². The smallest absolute Gasteiger partial charge is 0.251 e. The van der Waals surface area contributed by atoms with E-state index in [-0.39, 0.29) is 5.91 Å². The molecule has 3 aromatic rings.